The van der Waals surface area contributed by atoms with Gasteiger partial charge in [0.25, 0.3) is 5.91 Å². The van der Waals surface area contributed by atoms with Crippen LogP contribution in [0.4, 0.5) is 19.7 Å². The third-order valence-electron chi connectivity index (χ3n) is 8.50. The number of nitrogens with zero attached hydrogens (tertiary/aromatic N) is 2. The summed E-state index contributed by atoms with van der Waals surface area (Å²) in [4.78, 5) is 54.6. The van der Waals surface area contributed by atoms with Gasteiger partial charge in [0.2, 0.25) is 11.5 Å². The van der Waals surface area contributed by atoms with Gasteiger partial charge < -0.3 is 25.6 Å². The second-order valence-electron chi connectivity index (χ2n) is 11.0. The first-order chi connectivity index (χ1) is 18.7. The van der Waals surface area contributed by atoms with Crippen LogP contribution in [0.2, 0.25) is 0 Å². The lowest BCUT2D eigenvalue weighted by atomic mass is 9.61. The first-order valence-corrected chi connectivity index (χ1v) is 13.1. The molecule has 1 saturated carbocycles. The second-order valence-corrected chi connectivity index (χ2v) is 11.0. The largest absolute Gasteiger partial charge is 0.427 e. The fourth-order valence-electron chi connectivity index (χ4n) is 6.29. The van der Waals surface area contributed by atoms with Crippen LogP contribution in [0.5, 0.6) is 0 Å². The van der Waals surface area contributed by atoms with E-state index in [1.54, 1.807) is 35.2 Å². The number of hydrogen-bond acceptors (Lipinski definition) is 6. The highest BCUT2D eigenvalue weighted by Crippen LogP contribution is 2.48. The van der Waals surface area contributed by atoms with Crippen molar-refractivity contribution in [1.29, 1.82) is 0 Å². The number of urea groups is 1. The summed E-state index contributed by atoms with van der Waals surface area (Å²) in [5, 5.41) is 8.47. The maximum Gasteiger partial charge on any atom is 0.418 e. The minimum Gasteiger partial charge on any atom is -0.427 e. The lowest BCUT2D eigenvalue weighted by Gasteiger charge is -2.57. The van der Waals surface area contributed by atoms with E-state index >= 15 is 0 Å². The zero-order valence-corrected chi connectivity index (χ0v) is 21.6. The smallest absolute Gasteiger partial charge is 0.418 e. The number of anilines is 1. The molecule has 5 amide bonds. The summed E-state index contributed by atoms with van der Waals surface area (Å²) in [5.74, 6) is -1.26. The molecule has 204 valence electrons. The SMILES string of the molecule is CNC(=O)Nc1ccc2c(c1)CC[C@@]21OC(=O)N(CC(=O)N(Cc2ccc(F)cc2)C2CC3(CNC3)C2)C1=O. The number of fused-ring (bicyclic) bond motifs is 2. The summed E-state index contributed by atoms with van der Waals surface area (Å²) in [6.07, 6.45) is 1.58. The van der Waals surface area contributed by atoms with Gasteiger partial charge in [0.1, 0.15) is 12.4 Å². The lowest BCUT2D eigenvalue weighted by Crippen LogP contribution is -2.66. The zero-order chi connectivity index (χ0) is 27.4. The van der Waals surface area contributed by atoms with Gasteiger partial charge in [-0.3, -0.25) is 9.59 Å². The zero-order valence-electron chi connectivity index (χ0n) is 21.6. The molecule has 39 heavy (non-hydrogen) atoms. The highest BCUT2D eigenvalue weighted by molar-refractivity contribution is 6.06. The number of amides is 5. The van der Waals surface area contributed by atoms with E-state index in [1.165, 1.54) is 19.2 Å². The van der Waals surface area contributed by atoms with Crippen LogP contribution in [0.15, 0.2) is 42.5 Å². The Balaban J connectivity index is 1.20. The number of hydrogen-bond donors (Lipinski definition) is 3. The average Bonchev–Trinajstić information content (AvgIpc) is 3.34. The summed E-state index contributed by atoms with van der Waals surface area (Å²) < 4.78 is 19.2. The molecule has 0 unspecified atom stereocenters. The molecule has 6 rings (SSSR count). The minimum atomic E-state index is -1.47. The Hall–Kier alpha value is -3.99. The molecule has 1 atom stereocenters. The highest BCUT2D eigenvalue weighted by atomic mass is 19.1. The van der Waals surface area contributed by atoms with Crippen molar-refractivity contribution < 1.29 is 28.3 Å². The first-order valence-electron chi connectivity index (χ1n) is 13.1. The number of halogens is 1. The predicted octanol–water partition coefficient (Wildman–Crippen LogP) is 2.48. The minimum absolute atomic E-state index is 0.0224. The third-order valence-corrected chi connectivity index (χ3v) is 8.50. The monoisotopic (exact) mass is 535 g/mol. The molecule has 3 N–H and O–H groups in total. The molecule has 2 heterocycles. The number of ether oxygens (including phenoxy) is 1. The van der Waals surface area contributed by atoms with E-state index in [9.17, 15) is 23.6 Å². The van der Waals surface area contributed by atoms with Crippen LogP contribution in [0.3, 0.4) is 0 Å². The molecule has 2 aromatic carbocycles. The molecule has 4 aliphatic rings. The van der Waals surface area contributed by atoms with Crippen LogP contribution in [0.1, 0.15) is 36.0 Å². The predicted molar refractivity (Wildman–Crippen MR) is 138 cm³/mol. The summed E-state index contributed by atoms with van der Waals surface area (Å²) in [6.45, 7) is 1.68. The van der Waals surface area contributed by atoms with Crippen molar-refractivity contribution >= 4 is 29.6 Å². The Labute approximate surface area is 224 Å². The number of benzene rings is 2. The molecule has 0 aromatic heterocycles. The number of carbonyl (C=O) groups is 4. The highest BCUT2D eigenvalue weighted by Gasteiger charge is 2.59. The van der Waals surface area contributed by atoms with Crippen molar-refractivity contribution in [2.45, 2.75) is 43.9 Å². The van der Waals surface area contributed by atoms with Crippen LogP contribution < -0.4 is 16.0 Å². The lowest BCUT2D eigenvalue weighted by molar-refractivity contribution is -0.147. The van der Waals surface area contributed by atoms with Gasteiger partial charge in [0.05, 0.1) is 0 Å². The normalized spacial score (nSPS) is 22.8. The molecule has 2 aliphatic heterocycles. The molecule has 2 spiro atoms. The number of rotatable bonds is 6. The van der Waals surface area contributed by atoms with Crippen molar-refractivity contribution in [3.63, 3.8) is 0 Å². The summed E-state index contributed by atoms with van der Waals surface area (Å²) in [7, 11) is 1.51. The van der Waals surface area contributed by atoms with Crippen LogP contribution >= 0.6 is 0 Å². The Kier molecular flexibility index (Phi) is 6.05. The molecule has 0 bridgehead atoms. The molecule has 0 radical (unpaired) electrons. The number of nitrogens with one attached hydrogen (secondary N) is 3. The maximum atomic E-state index is 13.7. The Morgan fingerprint density at radius 3 is 2.56 bits per heavy atom. The molecule has 10 nitrogen and oxygen atoms in total. The number of carbonyl (C=O) groups excluding carboxylic acids is 4. The fourth-order valence-corrected chi connectivity index (χ4v) is 6.29. The molecule has 11 heteroatoms. The fraction of sp³-hybridized carbons (Fsp3) is 0.429. The Morgan fingerprint density at radius 1 is 1.15 bits per heavy atom. The van der Waals surface area contributed by atoms with Gasteiger partial charge in [-0.1, -0.05) is 18.2 Å². The van der Waals surface area contributed by atoms with Gasteiger partial charge in [0.15, 0.2) is 0 Å². The van der Waals surface area contributed by atoms with Crippen molar-refractivity contribution in [1.82, 2.24) is 20.4 Å². The standard InChI is InChI=1S/C28H30FN5O5/c1-30-25(37)32-20-6-7-22-18(10-20)8-9-28(22)24(36)34(26(38)39-28)14-23(35)33(13-17-2-4-19(29)5-3-17)21-11-27(12-21)15-31-16-27/h2-7,10,21,31H,8-9,11-16H2,1H3,(H2,30,32,37)/t28-/m1/s1. The molecule has 2 aromatic rings. The van der Waals surface area contributed by atoms with E-state index in [4.69, 9.17) is 4.74 Å². The van der Waals surface area contributed by atoms with Gasteiger partial charge in [-0.2, -0.15) is 0 Å². The summed E-state index contributed by atoms with van der Waals surface area (Å²) in [6, 6.07) is 10.7. The van der Waals surface area contributed by atoms with Crippen LogP contribution in [0, 0.1) is 11.2 Å². The number of aryl methyl sites for hydroxylation is 1. The molecular formula is C28H30FN5O5. The first kappa shape index (κ1) is 25.3. The van der Waals surface area contributed by atoms with E-state index < -0.39 is 24.1 Å². The van der Waals surface area contributed by atoms with Crippen molar-refractivity contribution in [2.24, 2.45) is 5.41 Å². The van der Waals surface area contributed by atoms with Gasteiger partial charge in [-0.15, -0.1) is 0 Å². The van der Waals surface area contributed by atoms with E-state index in [0.29, 0.717) is 17.7 Å². The quantitative estimate of drug-likeness (QED) is 0.523. The van der Waals surface area contributed by atoms with Gasteiger partial charge in [-0.25, -0.2) is 18.9 Å². The maximum absolute atomic E-state index is 13.7. The Bertz CT molecular complexity index is 1350. The topological polar surface area (TPSA) is 120 Å². The average molecular weight is 536 g/mol. The van der Waals surface area contributed by atoms with Crippen LogP contribution in [-0.2, 0) is 32.9 Å². The number of imide groups is 1. The van der Waals surface area contributed by atoms with E-state index in [0.717, 1.165) is 42.0 Å². The molecule has 2 aliphatic carbocycles. The van der Waals surface area contributed by atoms with Crippen molar-refractivity contribution in [3.05, 3.63) is 65.0 Å². The van der Waals surface area contributed by atoms with E-state index in [-0.39, 0.29) is 42.2 Å². The molecule has 2 saturated heterocycles. The van der Waals surface area contributed by atoms with Crippen LogP contribution in [-0.4, -0.2) is 66.5 Å². The van der Waals surface area contributed by atoms with Crippen LogP contribution in [0.25, 0.3) is 0 Å². The van der Waals surface area contributed by atoms with E-state index in [1.807, 2.05) is 0 Å². The van der Waals surface area contributed by atoms with Crippen molar-refractivity contribution in [2.75, 3.05) is 32.0 Å². The van der Waals surface area contributed by atoms with Gasteiger partial charge in [-0.05, 0) is 60.1 Å². The van der Waals surface area contributed by atoms with Gasteiger partial charge >= 0.3 is 12.1 Å². The van der Waals surface area contributed by atoms with Crippen molar-refractivity contribution in [3.8, 4) is 0 Å². The molecule has 3 fully saturated rings. The Morgan fingerprint density at radius 2 is 1.90 bits per heavy atom. The summed E-state index contributed by atoms with van der Waals surface area (Å²) >= 11 is 0. The summed E-state index contributed by atoms with van der Waals surface area (Å²) in [5.41, 5.74) is 1.43. The van der Waals surface area contributed by atoms with Gasteiger partial charge in [0, 0.05) is 50.4 Å². The van der Waals surface area contributed by atoms with E-state index in [2.05, 4.69) is 16.0 Å². The molecular weight excluding hydrogens is 505 g/mol. The third kappa shape index (κ3) is 4.30. The second kappa shape index (κ2) is 9.33.